The number of nitrogens with zero attached hydrogens (tertiary/aromatic N) is 3. The standard InChI is InChI=1S/C15H18N8O2S/c1-2-8(11(17)24)22-15(19)23-13(10(16)12(18)25)21-9-6-26-14-7(9)4-3-5-20-14/h3-6,8,16H,2H2,1H3,(H2,17,24)(H2,18,25)(H3,19,21,22,23)/t8-/m1/s1. The molecule has 8 N–H and O–H groups in total. The summed E-state index contributed by atoms with van der Waals surface area (Å²) in [6.07, 6.45) is 1.99. The molecule has 10 nitrogen and oxygen atoms in total. The maximum absolute atomic E-state index is 11.4. The number of carbonyl (C=O) groups excluding carboxylic acids is 2. The number of amides is 2. The van der Waals surface area contributed by atoms with Crippen LogP contribution in [-0.4, -0.2) is 40.3 Å². The van der Waals surface area contributed by atoms with E-state index in [1.165, 1.54) is 11.3 Å². The van der Waals surface area contributed by atoms with Crippen molar-refractivity contribution >= 4 is 56.6 Å². The molecule has 0 saturated heterocycles. The summed E-state index contributed by atoms with van der Waals surface area (Å²) in [7, 11) is 0. The monoisotopic (exact) mass is 374 g/mol. The molecule has 136 valence electrons. The fourth-order valence-electron chi connectivity index (χ4n) is 2.01. The Balaban J connectivity index is 2.40. The molecule has 11 heteroatoms. The van der Waals surface area contributed by atoms with E-state index in [1.54, 1.807) is 24.6 Å². The molecule has 2 rings (SSSR count). The number of nitrogens with one attached hydrogen (secondary N) is 2. The third-order valence-electron chi connectivity index (χ3n) is 3.32. The summed E-state index contributed by atoms with van der Waals surface area (Å²) in [5.74, 6) is -2.15. The van der Waals surface area contributed by atoms with Crippen molar-refractivity contribution in [3.63, 3.8) is 0 Å². The fraction of sp³-hybridized carbons (Fsp3) is 0.200. The Hall–Kier alpha value is -3.34. The van der Waals surface area contributed by atoms with Crippen molar-refractivity contribution < 1.29 is 9.59 Å². The lowest BCUT2D eigenvalue weighted by atomic mass is 10.2. The summed E-state index contributed by atoms with van der Waals surface area (Å²) in [6, 6.07) is 2.73. The highest BCUT2D eigenvalue weighted by atomic mass is 32.1. The molecule has 0 unspecified atom stereocenters. The van der Waals surface area contributed by atoms with Crippen LogP contribution in [0.1, 0.15) is 13.3 Å². The number of pyridine rings is 1. The zero-order valence-corrected chi connectivity index (χ0v) is 14.7. The highest BCUT2D eigenvalue weighted by Gasteiger charge is 2.17. The van der Waals surface area contributed by atoms with Gasteiger partial charge in [0, 0.05) is 17.0 Å². The van der Waals surface area contributed by atoms with Crippen LogP contribution in [0.15, 0.2) is 33.7 Å². The van der Waals surface area contributed by atoms with Gasteiger partial charge in [-0.1, -0.05) is 6.92 Å². The molecule has 2 aromatic rings. The lowest BCUT2D eigenvalue weighted by Gasteiger charge is -2.09. The summed E-state index contributed by atoms with van der Waals surface area (Å²) in [5.41, 5.74) is 16.1. The minimum absolute atomic E-state index is 0.193. The Bertz CT molecular complexity index is 917. The van der Waals surface area contributed by atoms with Gasteiger partial charge in [0.2, 0.25) is 11.9 Å². The second-order valence-electron chi connectivity index (χ2n) is 5.14. The number of hydrogen-bond acceptors (Lipinski definition) is 6. The smallest absolute Gasteiger partial charge is 0.270 e. The molecule has 0 aliphatic carbocycles. The lowest BCUT2D eigenvalue weighted by molar-refractivity contribution is -0.119. The fourth-order valence-corrected chi connectivity index (χ4v) is 2.86. The van der Waals surface area contributed by atoms with Crippen LogP contribution in [-0.2, 0) is 9.59 Å². The van der Waals surface area contributed by atoms with Crippen molar-refractivity contribution in [1.29, 1.82) is 5.41 Å². The predicted octanol–water partition coefficient (Wildman–Crippen LogP) is 0.190. The predicted molar refractivity (Wildman–Crippen MR) is 102 cm³/mol. The van der Waals surface area contributed by atoms with Crippen LogP contribution < -0.4 is 22.5 Å². The van der Waals surface area contributed by atoms with Gasteiger partial charge in [-0.3, -0.25) is 15.0 Å². The van der Waals surface area contributed by atoms with E-state index >= 15 is 0 Å². The normalized spacial score (nSPS) is 13.4. The lowest BCUT2D eigenvalue weighted by Crippen LogP contribution is -2.36. The van der Waals surface area contributed by atoms with Gasteiger partial charge >= 0.3 is 0 Å². The van der Waals surface area contributed by atoms with Crippen molar-refractivity contribution in [1.82, 2.24) is 4.98 Å². The quantitative estimate of drug-likeness (QED) is 0.356. The number of guanidine groups is 1. The number of anilines is 1. The summed E-state index contributed by atoms with van der Waals surface area (Å²) < 4.78 is 0. The minimum Gasteiger partial charge on any atom is -0.368 e. The van der Waals surface area contributed by atoms with Crippen molar-refractivity contribution in [3.8, 4) is 0 Å². The van der Waals surface area contributed by atoms with E-state index in [0.717, 1.165) is 10.2 Å². The summed E-state index contributed by atoms with van der Waals surface area (Å²) in [6.45, 7) is 1.71. The second-order valence-corrected chi connectivity index (χ2v) is 6.00. The number of amidine groups is 1. The largest absolute Gasteiger partial charge is 0.368 e. The van der Waals surface area contributed by atoms with E-state index in [9.17, 15) is 9.59 Å². The molecule has 0 radical (unpaired) electrons. The van der Waals surface area contributed by atoms with Crippen LogP contribution in [0.5, 0.6) is 0 Å². The van der Waals surface area contributed by atoms with Crippen LogP contribution >= 0.6 is 11.3 Å². The number of hydrogen-bond donors (Lipinski definition) is 5. The molecule has 0 aliphatic rings. The number of aliphatic imine (C=N–C) groups is 2. The molecule has 2 amide bonds. The van der Waals surface area contributed by atoms with Crippen molar-refractivity contribution in [2.75, 3.05) is 5.32 Å². The van der Waals surface area contributed by atoms with E-state index in [0.29, 0.717) is 12.1 Å². The molecular weight excluding hydrogens is 356 g/mol. The number of rotatable bonds is 6. The highest BCUT2D eigenvalue weighted by Crippen LogP contribution is 2.28. The van der Waals surface area contributed by atoms with Crippen molar-refractivity contribution in [2.45, 2.75) is 19.4 Å². The molecule has 0 spiro atoms. The zero-order chi connectivity index (χ0) is 19.3. The Kier molecular flexibility index (Phi) is 5.96. The first-order chi connectivity index (χ1) is 12.3. The SMILES string of the molecule is CC[C@@H](N=C(N)N=C(Nc1csc2ncccc12)C(=N)C(N)=O)C(N)=O. The summed E-state index contributed by atoms with van der Waals surface area (Å²) >= 11 is 1.38. The van der Waals surface area contributed by atoms with Gasteiger partial charge in [0.1, 0.15) is 10.9 Å². The molecular formula is C15H18N8O2S. The van der Waals surface area contributed by atoms with Crippen LogP contribution in [0.4, 0.5) is 5.69 Å². The van der Waals surface area contributed by atoms with Crippen LogP contribution in [0.2, 0.25) is 0 Å². The van der Waals surface area contributed by atoms with Crippen LogP contribution in [0, 0.1) is 5.41 Å². The topological polar surface area (TPSA) is 186 Å². The first kappa shape index (κ1) is 19.0. The van der Waals surface area contributed by atoms with Gasteiger partial charge < -0.3 is 22.5 Å². The van der Waals surface area contributed by atoms with Gasteiger partial charge in [-0.25, -0.2) is 9.98 Å². The first-order valence-corrected chi connectivity index (χ1v) is 8.40. The van der Waals surface area contributed by atoms with Gasteiger partial charge in [0.25, 0.3) is 5.91 Å². The van der Waals surface area contributed by atoms with Gasteiger partial charge in [-0.05, 0) is 18.6 Å². The molecule has 2 heterocycles. The maximum Gasteiger partial charge on any atom is 0.270 e. The molecule has 0 fully saturated rings. The third kappa shape index (κ3) is 4.39. The van der Waals surface area contributed by atoms with Gasteiger partial charge in [0.15, 0.2) is 11.5 Å². The van der Waals surface area contributed by atoms with Crippen LogP contribution in [0.3, 0.4) is 0 Å². The van der Waals surface area contributed by atoms with Gasteiger partial charge in [0.05, 0.1) is 5.69 Å². The van der Waals surface area contributed by atoms with Crippen molar-refractivity contribution in [3.05, 3.63) is 23.7 Å². The minimum atomic E-state index is -0.997. The average Bonchev–Trinajstić information content (AvgIpc) is 3.01. The highest BCUT2D eigenvalue weighted by molar-refractivity contribution is 7.17. The van der Waals surface area contributed by atoms with Gasteiger partial charge in [-0.2, -0.15) is 4.99 Å². The van der Waals surface area contributed by atoms with E-state index in [-0.39, 0.29) is 11.8 Å². The average molecular weight is 374 g/mol. The molecule has 0 aromatic carbocycles. The molecule has 1 atom stereocenters. The van der Waals surface area contributed by atoms with Gasteiger partial charge in [-0.15, -0.1) is 11.3 Å². The summed E-state index contributed by atoms with van der Waals surface area (Å²) in [5, 5.41) is 13.2. The molecule has 0 bridgehead atoms. The number of carbonyl (C=O) groups is 2. The summed E-state index contributed by atoms with van der Waals surface area (Å²) in [4.78, 5) is 35.5. The number of fused-ring (bicyclic) bond motifs is 1. The number of thiophene rings is 1. The molecule has 2 aromatic heterocycles. The van der Waals surface area contributed by atoms with E-state index in [4.69, 9.17) is 22.6 Å². The van der Waals surface area contributed by atoms with E-state index in [2.05, 4.69) is 20.3 Å². The van der Waals surface area contributed by atoms with Crippen LogP contribution in [0.25, 0.3) is 10.2 Å². The van der Waals surface area contributed by atoms with E-state index < -0.39 is 23.6 Å². The molecule has 0 aliphatic heterocycles. The Labute approximate surface area is 152 Å². The number of aromatic nitrogens is 1. The Morgan fingerprint density at radius 2 is 2.12 bits per heavy atom. The zero-order valence-electron chi connectivity index (χ0n) is 13.9. The Morgan fingerprint density at radius 1 is 1.38 bits per heavy atom. The van der Waals surface area contributed by atoms with Crippen molar-refractivity contribution in [2.24, 2.45) is 27.2 Å². The molecule has 0 saturated carbocycles. The third-order valence-corrected chi connectivity index (χ3v) is 4.22. The molecule has 26 heavy (non-hydrogen) atoms. The number of primary amides is 2. The Morgan fingerprint density at radius 3 is 2.73 bits per heavy atom. The second kappa shape index (κ2) is 8.16. The number of nitrogens with two attached hydrogens (primary N) is 3. The van der Waals surface area contributed by atoms with E-state index in [1.807, 2.05) is 6.07 Å². The first-order valence-electron chi connectivity index (χ1n) is 7.52. The maximum atomic E-state index is 11.4.